The topological polar surface area (TPSA) is 84.9 Å². The normalized spacial score (nSPS) is 13.2. The van der Waals surface area contributed by atoms with Gasteiger partial charge in [-0.25, -0.2) is 13.1 Å². The molecule has 0 spiro atoms. The smallest absolute Gasteiger partial charge is 0.240 e. The Labute approximate surface area is 158 Å². The molecule has 1 heterocycles. The van der Waals surface area contributed by atoms with Crippen LogP contribution in [0, 0.1) is 0 Å². The van der Waals surface area contributed by atoms with Crippen molar-refractivity contribution in [2.45, 2.75) is 17.9 Å². The van der Waals surface area contributed by atoms with Gasteiger partial charge < -0.3 is 14.4 Å². The maximum Gasteiger partial charge on any atom is 0.240 e. The van der Waals surface area contributed by atoms with Gasteiger partial charge in [-0.3, -0.25) is 4.79 Å². The summed E-state index contributed by atoms with van der Waals surface area (Å²) >= 11 is 0. The van der Waals surface area contributed by atoms with Gasteiger partial charge >= 0.3 is 0 Å². The molecule has 8 heteroatoms. The monoisotopic (exact) mass is 390 g/mol. The first-order chi connectivity index (χ1) is 13.0. The van der Waals surface area contributed by atoms with E-state index in [0.717, 1.165) is 5.56 Å². The number of carbonyl (C=O) groups excluding carboxylic acids is 1. The fourth-order valence-corrected chi connectivity index (χ4v) is 3.77. The second kappa shape index (κ2) is 8.41. The van der Waals surface area contributed by atoms with Gasteiger partial charge in [0.25, 0.3) is 0 Å². The van der Waals surface area contributed by atoms with Gasteiger partial charge in [-0.1, -0.05) is 24.3 Å². The lowest BCUT2D eigenvalue weighted by Gasteiger charge is -2.21. The Morgan fingerprint density at radius 3 is 2.52 bits per heavy atom. The molecule has 0 fully saturated rings. The third kappa shape index (κ3) is 4.99. The largest absolute Gasteiger partial charge is 0.486 e. The fourth-order valence-electron chi connectivity index (χ4n) is 2.71. The van der Waals surface area contributed by atoms with E-state index >= 15 is 0 Å². The Kier molecular flexibility index (Phi) is 5.98. The molecule has 1 aliphatic rings. The van der Waals surface area contributed by atoms with Crippen molar-refractivity contribution in [1.82, 2.24) is 9.62 Å². The van der Waals surface area contributed by atoms with Crippen LogP contribution in [0.3, 0.4) is 0 Å². The van der Waals surface area contributed by atoms with Crippen molar-refractivity contribution in [3.8, 4) is 11.5 Å². The van der Waals surface area contributed by atoms with E-state index in [1.54, 1.807) is 30.1 Å². The van der Waals surface area contributed by atoms with E-state index in [9.17, 15) is 13.2 Å². The highest BCUT2D eigenvalue weighted by molar-refractivity contribution is 7.89. The van der Waals surface area contributed by atoms with Gasteiger partial charge in [0, 0.05) is 26.6 Å². The predicted octanol–water partition coefficient (Wildman–Crippen LogP) is 1.78. The molecule has 7 nitrogen and oxygen atoms in total. The number of carbonyl (C=O) groups is 1. The highest BCUT2D eigenvalue weighted by Gasteiger charge is 2.16. The predicted molar refractivity (Wildman–Crippen MR) is 100 cm³/mol. The molecule has 0 atom stereocenters. The lowest BCUT2D eigenvalue weighted by Crippen LogP contribution is -2.32. The number of nitrogens with zero attached hydrogens (tertiary/aromatic N) is 1. The Balaban J connectivity index is 1.51. The number of nitrogens with one attached hydrogen (secondary N) is 1. The summed E-state index contributed by atoms with van der Waals surface area (Å²) in [5.74, 6) is 1.23. The highest BCUT2D eigenvalue weighted by atomic mass is 32.2. The number of sulfonamides is 1. The second-order valence-corrected chi connectivity index (χ2v) is 7.96. The van der Waals surface area contributed by atoms with Crippen LogP contribution in [0.5, 0.6) is 11.5 Å². The summed E-state index contributed by atoms with van der Waals surface area (Å²) in [5.41, 5.74) is 0.917. The quantitative estimate of drug-likeness (QED) is 0.779. The number of benzene rings is 2. The molecule has 0 saturated heterocycles. The lowest BCUT2D eigenvalue weighted by molar-refractivity contribution is -0.130. The van der Waals surface area contributed by atoms with E-state index in [1.807, 2.05) is 18.2 Å². The minimum Gasteiger partial charge on any atom is -0.486 e. The van der Waals surface area contributed by atoms with E-state index in [1.165, 1.54) is 12.1 Å². The summed E-state index contributed by atoms with van der Waals surface area (Å²) in [6.45, 7) is 1.48. The third-order valence-corrected chi connectivity index (χ3v) is 5.61. The molecule has 1 N–H and O–H groups in total. The number of rotatable bonds is 7. The first kappa shape index (κ1) is 19.2. The van der Waals surface area contributed by atoms with Gasteiger partial charge in [0.2, 0.25) is 15.9 Å². The second-order valence-electron chi connectivity index (χ2n) is 6.19. The molecule has 2 aromatic rings. The Bertz CT molecular complexity index is 900. The molecular formula is C19H22N2O5S. The van der Waals surface area contributed by atoms with Crippen molar-refractivity contribution >= 4 is 15.9 Å². The zero-order valence-corrected chi connectivity index (χ0v) is 15.9. The fraction of sp³-hybridized carbons (Fsp3) is 0.316. The van der Waals surface area contributed by atoms with Crippen LogP contribution in [-0.4, -0.2) is 46.0 Å². The van der Waals surface area contributed by atoms with Crippen LogP contribution in [0.4, 0.5) is 0 Å². The molecular weight excluding hydrogens is 368 g/mol. The van der Waals surface area contributed by atoms with Gasteiger partial charge in [0.05, 0.1) is 4.90 Å². The zero-order chi connectivity index (χ0) is 19.3. The van der Waals surface area contributed by atoms with Crippen molar-refractivity contribution in [3.63, 3.8) is 0 Å². The van der Waals surface area contributed by atoms with Crippen molar-refractivity contribution in [1.29, 1.82) is 0 Å². The lowest BCUT2D eigenvalue weighted by atomic mass is 10.2. The van der Waals surface area contributed by atoms with Crippen molar-refractivity contribution in [2.24, 2.45) is 0 Å². The maximum atomic E-state index is 12.3. The Morgan fingerprint density at radius 2 is 1.78 bits per heavy atom. The van der Waals surface area contributed by atoms with Crippen LogP contribution >= 0.6 is 0 Å². The molecule has 0 aliphatic carbocycles. The summed E-state index contributed by atoms with van der Waals surface area (Å²) < 4.78 is 37.8. The number of fused-ring (bicyclic) bond motifs is 1. The van der Waals surface area contributed by atoms with Gasteiger partial charge in [-0.05, 0) is 29.8 Å². The average molecular weight is 390 g/mol. The Hall–Kier alpha value is -2.58. The van der Waals surface area contributed by atoms with E-state index in [2.05, 4.69) is 4.72 Å². The van der Waals surface area contributed by atoms with Crippen LogP contribution in [0.1, 0.15) is 12.0 Å². The molecule has 0 unspecified atom stereocenters. The molecule has 0 aromatic heterocycles. The molecule has 1 amide bonds. The zero-order valence-electron chi connectivity index (χ0n) is 15.1. The summed E-state index contributed by atoms with van der Waals surface area (Å²) in [4.78, 5) is 14.0. The molecule has 144 valence electrons. The van der Waals surface area contributed by atoms with Crippen molar-refractivity contribution in [2.75, 3.05) is 26.8 Å². The van der Waals surface area contributed by atoms with E-state index in [0.29, 0.717) is 31.3 Å². The van der Waals surface area contributed by atoms with Crippen molar-refractivity contribution in [3.05, 3.63) is 54.1 Å². The van der Waals surface area contributed by atoms with Gasteiger partial charge in [-0.15, -0.1) is 0 Å². The molecule has 1 aliphatic heterocycles. The van der Waals surface area contributed by atoms with Crippen LogP contribution in [0.2, 0.25) is 0 Å². The number of hydrogen-bond acceptors (Lipinski definition) is 5. The number of amides is 1. The third-order valence-electron chi connectivity index (χ3n) is 4.14. The van der Waals surface area contributed by atoms with Gasteiger partial charge in [-0.2, -0.15) is 0 Å². The summed E-state index contributed by atoms with van der Waals surface area (Å²) in [6.07, 6.45) is 0.0765. The highest BCUT2D eigenvalue weighted by Crippen LogP contribution is 2.31. The SMILES string of the molecule is CN(Cc1ccc2c(c1)OCCO2)C(=O)CCNS(=O)(=O)c1ccccc1. The van der Waals surface area contributed by atoms with E-state index in [4.69, 9.17) is 9.47 Å². The number of hydrogen-bond donors (Lipinski definition) is 1. The first-order valence-corrected chi connectivity index (χ1v) is 10.1. The first-order valence-electron chi connectivity index (χ1n) is 8.63. The average Bonchev–Trinajstić information content (AvgIpc) is 2.68. The van der Waals surface area contributed by atoms with E-state index < -0.39 is 10.0 Å². The molecule has 0 radical (unpaired) electrons. The summed E-state index contributed by atoms with van der Waals surface area (Å²) in [7, 11) is -1.92. The minimum absolute atomic E-state index is 0.0432. The van der Waals surface area contributed by atoms with Crippen molar-refractivity contribution < 1.29 is 22.7 Å². The molecule has 27 heavy (non-hydrogen) atoms. The van der Waals surface area contributed by atoms with E-state index in [-0.39, 0.29) is 23.8 Å². The molecule has 3 rings (SSSR count). The van der Waals surface area contributed by atoms with Crippen LogP contribution in [-0.2, 0) is 21.4 Å². The molecule has 0 bridgehead atoms. The van der Waals surface area contributed by atoms with Gasteiger partial charge in [0.1, 0.15) is 13.2 Å². The Morgan fingerprint density at radius 1 is 1.07 bits per heavy atom. The molecule has 2 aromatic carbocycles. The summed E-state index contributed by atoms with van der Waals surface area (Å²) in [5, 5.41) is 0. The van der Waals surface area contributed by atoms with Crippen LogP contribution in [0.25, 0.3) is 0 Å². The summed E-state index contributed by atoms with van der Waals surface area (Å²) in [6, 6.07) is 13.6. The van der Waals surface area contributed by atoms with Crippen LogP contribution < -0.4 is 14.2 Å². The maximum absolute atomic E-state index is 12.3. The molecule has 0 saturated carbocycles. The van der Waals surface area contributed by atoms with Crippen LogP contribution in [0.15, 0.2) is 53.4 Å². The standard InChI is InChI=1S/C19H22N2O5S/c1-21(14-15-7-8-17-18(13-15)26-12-11-25-17)19(22)9-10-20-27(23,24)16-5-3-2-4-6-16/h2-8,13,20H,9-12,14H2,1H3. The minimum atomic E-state index is -3.60. The number of ether oxygens (including phenoxy) is 2. The van der Waals surface area contributed by atoms with Gasteiger partial charge in [0.15, 0.2) is 11.5 Å².